The normalized spacial score (nSPS) is 21.6. The van der Waals surface area contributed by atoms with Crippen molar-refractivity contribution in [1.82, 2.24) is 10.3 Å². The molecule has 0 bridgehead atoms. The molecule has 1 aromatic rings. The summed E-state index contributed by atoms with van der Waals surface area (Å²) in [6.45, 7) is 4.89. The molecule has 1 saturated heterocycles. The van der Waals surface area contributed by atoms with E-state index in [0.717, 1.165) is 32.6 Å². The number of thiazole rings is 1. The Hall–Kier alpha value is -0.450. The molecule has 3 nitrogen and oxygen atoms in total. The quantitative estimate of drug-likeness (QED) is 0.818. The predicted octanol–water partition coefficient (Wildman–Crippen LogP) is 1.37. The average molecular weight is 212 g/mol. The highest BCUT2D eigenvalue weighted by atomic mass is 32.1. The SMILES string of the molecule is Cc1cnc(CCNC2CCOC2)s1. The summed E-state index contributed by atoms with van der Waals surface area (Å²) in [4.78, 5) is 5.62. The Labute approximate surface area is 88.5 Å². The van der Waals surface area contributed by atoms with Crippen LogP contribution >= 0.6 is 11.3 Å². The molecule has 0 aliphatic carbocycles. The van der Waals surface area contributed by atoms with Gasteiger partial charge >= 0.3 is 0 Å². The van der Waals surface area contributed by atoms with Crippen LogP contribution in [-0.4, -0.2) is 30.8 Å². The van der Waals surface area contributed by atoms with Crippen LogP contribution in [0.5, 0.6) is 0 Å². The largest absolute Gasteiger partial charge is 0.380 e. The van der Waals surface area contributed by atoms with Gasteiger partial charge in [-0.25, -0.2) is 4.98 Å². The minimum Gasteiger partial charge on any atom is -0.380 e. The molecule has 0 spiro atoms. The molecule has 0 saturated carbocycles. The van der Waals surface area contributed by atoms with Crippen LogP contribution in [0.4, 0.5) is 0 Å². The van der Waals surface area contributed by atoms with Gasteiger partial charge in [0.25, 0.3) is 0 Å². The number of ether oxygens (including phenoxy) is 1. The standard InChI is InChI=1S/C10H16N2OS/c1-8-6-12-10(14-8)2-4-11-9-3-5-13-7-9/h6,9,11H,2-5,7H2,1H3. The third-order valence-electron chi connectivity index (χ3n) is 2.37. The molecule has 1 aromatic heterocycles. The molecular weight excluding hydrogens is 196 g/mol. The van der Waals surface area contributed by atoms with Crippen molar-refractivity contribution >= 4 is 11.3 Å². The van der Waals surface area contributed by atoms with Gasteiger partial charge in [0, 0.05) is 36.7 Å². The van der Waals surface area contributed by atoms with Gasteiger partial charge in [-0.1, -0.05) is 0 Å². The van der Waals surface area contributed by atoms with Gasteiger partial charge in [-0.05, 0) is 13.3 Å². The number of hydrogen-bond donors (Lipinski definition) is 1. The van der Waals surface area contributed by atoms with Crippen molar-refractivity contribution < 1.29 is 4.74 Å². The minimum absolute atomic E-state index is 0.566. The van der Waals surface area contributed by atoms with E-state index in [2.05, 4.69) is 17.2 Å². The summed E-state index contributed by atoms with van der Waals surface area (Å²) in [5.74, 6) is 0. The highest BCUT2D eigenvalue weighted by Crippen LogP contribution is 2.11. The molecule has 1 unspecified atom stereocenters. The minimum atomic E-state index is 0.566. The lowest BCUT2D eigenvalue weighted by molar-refractivity contribution is 0.190. The first kappa shape index (κ1) is 10.1. The summed E-state index contributed by atoms with van der Waals surface area (Å²) in [5.41, 5.74) is 0. The molecule has 4 heteroatoms. The van der Waals surface area contributed by atoms with Crippen LogP contribution in [-0.2, 0) is 11.2 Å². The van der Waals surface area contributed by atoms with E-state index >= 15 is 0 Å². The zero-order valence-electron chi connectivity index (χ0n) is 8.45. The summed E-state index contributed by atoms with van der Waals surface area (Å²) in [5, 5.41) is 4.71. The van der Waals surface area contributed by atoms with Gasteiger partial charge in [0.2, 0.25) is 0 Å². The fourth-order valence-corrected chi connectivity index (χ4v) is 2.38. The van der Waals surface area contributed by atoms with Crippen LogP contribution < -0.4 is 5.32 Å². The number of aryl methyl sites for hydroxylation is 1. The van der Waals surface area contributed by atoms with Gasteiger partial charge in [0.15, 0.2) is 0 Å². The van der Waals surface area contributed by atoms with Crippen molar-refractivity contribution in [3.63, 3.8) is 0 Å². The highest BCUT2D eigenvalue weighted by Gasteiger charge is 2.14. The maximum absolute atomic E-state index is 5.29. The van der Waals surface area contributed by atoms with Crippen LogP contribution in [0, 0.1) is 6.92 Å². The molecular formula is C10H16N2OS. The molecule has 0 aromatic carbocycles. The lowest BCUT2D eigenvalue weighted by atomic mass is 10.2. The van der Waals surface area contributed by atoms with E-state index in [9.17, 15) is 0 Å². The zero-order valence-corrected chi connectivity index (χ0v) is 9.27. The molecule has 1 aliphatic heterocycles. The first-order valence-corrected chi connectivity index (χ1v) is 5.88. The Bertz CT molecular complexity index is 281. The summed E-state index contributed by atoms with van der Waals surface area (Å²) in [6, 6.07) is 0.566. The van der Waals surface area contributed by atoms with E-state index in [1.165, 1.54) is 9.88 Å². The lowest BCUT2D eigenvalue weighted by Crippen LogP contribution is -2.30. The molecule has 78 valence electrons. The van der Waals surface area contributed by atoms with Crippen molar-refractivity contribution in [2.75, 3.05) is 19.8 Å². The number of hydrogen-bond acceptors (Lipinski definition) is 4. The van der Waals surface area contributed by atoms with Crippen LogP contribution in [0.3, 0.4) is 0 Å². The van der Waals surface area contributed by atoms with E-state index in [1.54, 1.807) is 11.3 Å². The second kappa shape index (κ2) is 4.87. The Balaban J connectivity index is 1.67. The summed E-state index contributed by atoms with van der Waals surface area (Å²) in [7, 11) is 0. The summed E-state index contributed by atoms with van der Waals surface area (Å²) < 4.78 is 5.29. The molecule has 1 fully saturated rings. The number of rotatable bonds is 4. The summed E-state index contributed by atoms with van der Waals surface area (Å²) in [6.07, 6.45) is 4.13. The highest BCUT2D eigenvalue weighted by molar-refractivity contribution is 7.11. The fraction of sp³-hybridized carbons (Fsp3) is 0.700. The zero-order chi connectivity index (χ0) is 9.80. The fourth-order valence-electron chi connectivity index (χ4n) is 1.60. The third kappa shape index (κ3) is 2.77. The van der Waals surface area contributed by atoms with Crippen LogP contribution in [0.15, 0.2) is 6.20 Å². The number of nitrogens with one attached hydrogen (secondary N) is 1. The van der Waals surface area contributed by atoms with Gasteiger partial charge in [-0.15, -0.1) is 11.3 Å². The van der Waals surface area contributed by atoms with Gasteiger partial charge in [0.1, 0.15) is 0 Å². The molecule has 14 heavy (non-hydrogen) atoms. The Morgan fingerprint density at radius 3 is 3.29 bits per heavy atom. The van der Waals surface area contributed by atoms with Gasteiger partial charge < -0.3 is 10.1 Å². The van der Waals surface area contributed by atoms with Crippen molar-refractivity contribution in [2.45, 2.75) is 25.8 Å². The Morgan fingerprint density at radius 2 is 2.64 bits per heavy atom. The van der Waals surface area contributed by atoms with E-state index in [-0.39, 0.29) is 0 Å². The van der Waals surface area contributed by atoms with Gasteiger partial charge in [0.05, 0.1) is 11.6 Å². The van der Waals surface area contributed by atoms with Crippen molar-refractivity contribution in [2.24, 2.45) is 0 Å². The molecule has 1 atom stereocenters. The molecule has 0 amide bonds. The molecule has 1 aliphatic rings. The molecule has 0 radical (unpaired) electrons. The van der Waals surface area contributed by atoms with Crippen molar-refractivity contribution in [1.29, 1.82) is 0 Å². The maximum atomic E-state index is 5.29. The number of nitrogens with zero attached hydrogens (tertiary/aromatic N) is 1. The second-order valence-corrected chi connectivity index (χ2v) is 4.95. The van der Waals surface area contributed by atoms with E-state index in [4.69, 9.17) is 4.74 Å². The van der Waals surface area contributed by atoms with Crippen LogP contribution in [0.2, 0.25) is 0 Å². The molecule has 2 rings (SSSR count). The monoisotopic (exact) mass is 212 g/mol. The van der Waals surface area contributed by atoms with E-state index in [0.29, 0.717) is 6.04 Å². The second-order valence-electron chi connectivity index (χ2n) is 3.63. The van der Waals surface area contributed by atoms with Crippen LogP contribution in [0.25, 0.3) is 0 Å². The average Bonchev–Trinajstić information content (AvgIpc) is 2.77. The topological polar surface area (TPSA) is 34.2 Å². The lowest BCUT2D eigenvalue weighted by Gasteiger charge is -2.08. The predicted molar refractivity (Wildman–Crippen MR) is 57.8 cm³/mol. The van der Waals surface area contributed by atoms with Gasteiger partial charge in [-0.3, -0.25) is 0 Å². The molecule has 1 N–H and O–H groups in total. The molecule has 2 heterocycles. The first-order valence-electron chi connectivity index (χ1n) is 5.07. The van der Waals surface area contributed by atoms with Crippen molar-refractivity contribution in [3.05, 3.63) is 16.1 Å². The maximum Gasteiger partial charge on any atom is 0.0940 e. The van der Waals surface area contributed by atoms with Gasteiger partial charge in [-0.2, -0.15) is 0 Å². The third-order valence-corrected chi connectivity index (χ3v) is 3.34. The van der Waals surface area contributed by atoms with E-state index in [1.807, 2.05) is 6.20 Å². The number of aromatic nitrogens is 1. The Kier molecular flexibility index (Phi) is 3.50. The first-order chi connectivity index (χ1) is 6.84. The van der Waals surface area contributed by atoms with Crippen molar-refractivity contribution in [3.8, 4) is 0 Å². The Morgan fingerprint density at radius 1 is 1.71 bits per heavy atom. The smallest absolute Gasteiger partial charge is 0.0940 e. The summed E-state index contributed by atoms with van der Waals surface area (Å²) >= 11 is 1.79. The van der Waals surface area contributed by atoms with Crippen LogP contribution in [0.1, 0.15) is 16.3 Å². The van der Waals surface area contributed by atoms with E-state index < -0.39 is 0 Å².